The van der Waals surface area contributed by atoms with Gasteiger partial charge in [-0.05, 0) is 25.6 Å². The van der Waals surface area contributed by atoms with Crippen LogP contribution in [0.2, 0.25) is 0 Å². The fraction of sp³-hybridized carbons (Fsp3) is 0.588. The molecule has 0 radical (unpaired) electrons. The third kappa shape index (κ3) is 4.30. The molecule has 2 unspecified atom stereocenters. The van der Waals surface area contributed by atoms with Crippen molar-refractivity contribution in [2.75, 3.05) is 39.3 Å². The first-order chi connectivity index (χ1) is 11.6. The number of hydrogen-bond acceptors (Lipinski definition) is 5. The molecule has 2 heterocycles. The Morgan fingerprint density at radius 1 is 1.21 bits per heavy atom. The van der Waals surface area contributed by atoms with Crippen molar-refractivity contribution in [3.63, 3.8) is 0 Å². The van der Waals surface area contributed by atoms with Gasteiger partial charge < -0.3 is 10.0 Å². The van der Waals surface area contributed by atoms with E-state index in [1.807, 2.05) is 12.1 Å². The highest BCUT2D eigenvalue weighted by Gasteiger charge is 2.34. The Labute approximate surface area is 141 Å². The lowest BCUT2D eigenvalue weighted by Gasteiger charge is -2.25. The molecular weight excluding hydrogens is 311 g/mol. The van der Waals surface area contributed by atoms with Gasteiger partial charge in [-0.15, -0.1) is 0 Å². The number of hydrogen-bond donors (Lipinski definition) is 3. The van der Waals surface area contributed by atoms with Crippen molar-refractivity contribution >= 4 is 5.97 Å². The van der Waals surface area contributed by atoms with E-state index in [-0.39, 0.29) is 11.7 Å². The van der Waals surface area contributed by atoms with Crippen LogP contribution in [0.1, 0.15) is 12.0 Å². The molecule has 0 aliphatic carbocycles. The zero-order valence-electron chi connectivity index (χ0n) is 13.7. The molecule has 2 atom stereocenters. The highest BCUT2D eigenvalue weighted by Crippen LogP contribution is 2.15. The molecule has 1 aromatic carbocycles. The molecule has 24 heavy (non-hydrogen) atoms. The van der Waals surface area contributed by atoms with Crippen LogP contribution in [0.3, 0.4) is 0 Å². The minimum atomic E-state index is -0.805. The molecule has 0 bridgehead atoms. The maximum atomic E-state index is 13.8. The second-order valence-electron chi connectivity index (χ2n) is 6.62. The molecule has 0 saturated carbocycles. The van der Waals surface area contributed by atoms with Crippen molar-refractivity contribution < 1.29 is 14.3 Å². The Bertz CT molecular complexity index is 571. The van der Waals surface area contributed by atoms with E-state index in [4.69, 9.17) is 0 Å². The van der Waals surface area contributed by atoms with Crippen molar-refractivity contribution in [1.29, 1.82) is 0 Å². The molecule has 0 amide bonds. The van der Waals surface area contributed by atoms with Gasteiger partial charge >= 0.3 is 5.97 Å². The van der Waals surface area contributed by atoms with E-state index in [0.717, 1.165) is 44.7 Å². The summed E-state index contributed by atoms with van der Waals surface area (Å²) in [6.07, 6.45) is 1.01. The lowest BCUT2D eigenvalue weighted by Crippen LogP contribution is -2.43. The predicted molar refractivity (Wildman–Crippen MR) is 88.8 cm³/mol. The number of halogens is 1. The predicted octanol–water partition coefficient (Wildman–Crippen LogP) is 0.511. The van der Waals surface area contributed by atoms with E-state index in [9.17, 15) is 14.3 Å². The Morgan fingerprint density at radius 3 is 2.75 bits per heavy atom. The number of nitrogens with one attached hydrogen (secondary N) is 2. The first kappa shape index (κ1) is 17.3. The average molecular weight is 336 g/mol. The van der Waals surface area contributed by atoms with E-state index < -0.39 is 12.0 Å². The Balaban J connectivity index is 1.52. The summed E-state index contributed by atoms with van der Waals surface area (Å²) in [6.45, 7) is 5.73. The number of hydrazine groups is 1. The van der Waals surface area contributed by atoms with Gasteiger partial charge in [-0.3, -0.25) is 15.1 Å². The molecular formula is C17H25FN4O2. The topological polar surface area (TPSA) is 67.8 Å². The van der Waals surface area contributed by atoms with E-state index in [1.165, 1.54) is 6.07 Å². The number of rotatable bonds is 5. The number of carbonyl (C=O) groups is 1. The van der Waals surface area contributed by atoms with Crippen LogP contribution >= 0.6 is 0 Å². The average Bonchev–Trinajstić information content (AvgIpc) is 2.91. The summed E-state index contributed by atoms with van der Waals surface area (Å²) in [6, 6.07) is 6.40. The van der Waals surface area contributed by atoms with Gasteiger partial charge in [0.1, 0.15) is 11.9 Å². The number of nitrogens with zero attached hydrogens (tertiary/aromatic N) is 2. The van der Waals surface area contributed by atoms with Crippen molar-refractivity contribution in [2.45, 2.75) is 19.0 Å². The van der Waals surface area contributed by atoms with Gasteiger partial charge in [0.25, 0.3) is 0 Å². The van der Waals surface area contributed by atoms with Crippen LogP contribution < -0.4 is 10.9 Å². The van der Waals surface area contributed by atoms with E-state index >= 15 is 0 Å². The SMILES string of the molecule is O=C(O)C1NNCC1CN1CCCN(Cc2ccccc2F)CC1. The fourth-order valence-corrected chi connectivity index (χ4v) is 3.53. The summed E-state index contributed by atoms with van der Waals surface area (Å²) in [5, 5.41) is 9.24. The molecule has 3 N–H and O–H groups in total. The molecule has 0 aromatic heterocycles. The van der Waals surface area contributed by atoms with Gasteiger partial charge in [-0.2, -0.15) is 0 Å². The first-order valence-corrected chi connectivity index (χ1v) is 8.53. The molecule has 2 saturated heterocycles. The molecule has 3 rings (SSSR count). The number of carboxylic acids is 1. The minimum absolute atomic E-state index is 0.0700. The summed E-state index contributed by atoms with van der Waals surface area (Å²) in [7, 11) is 0. The Hall–Kier alpha value is -1.54. The largest absolute Gasteiger partial charge is 0.480 e. The lowest BCUT2D eigenvalue weighted by atomic mass is 10.0. The smallest absolute Gasteiger partial charge is 0.322 e. The highest BCUT2D eigenvalue weighted by molar-refractivity contribution is 5.74. The van der Waals surface area contributed by atoms with Crippen LogP contribution in [0.5, 0.6) is 0 Å². The quantitative estimate of drug-likeness (QED) is 0.728. The van der Waals surface area contributed by atoms with Crippen LogP contribution in [0.15, 0.2) is 24.3 Å². The normalized spacial score (nSPS) is 26.4. The van der Waals surface area contributed by atoms with Crippen LogP contribution in [-0.4, -0.2) is 66.2 Å². The van der Waals surface area contributed by atoms with Crippen LogP contribution in [0, 0.1) is 11.7 Å². The molecule has 0 spiro atoms. The molecule has 2 fully saturated rings. The Kier molecular flexibility index (Phi) is 5.78. The van der Waals surface area contributed by atoms with Crippen LogP contribution in [0.4, 0.5) is 4.39 Å². The number of carboxylic acid groups (broad SMARTS) is 1. The van der Waals surface area contributed by atoms with Crippen LogP contribution in [0.25, 0.3) is 0 Å². The van der Waals surface area contributed by atoms with E-state index in [0.29, 0.717) is 13.1 Å². The molecule has 132 valence electrons. The maximum absolute atomic E-state index is 13.8. The van der Waals surface area contributed by atoms with Gasteiger partial charge in [-0.1, -0.05) is 18.2 Å². The summed E-state index contributed by atoms with van der Waals surface area (Å²) in [4.78, 5) is 15.9. The Morgan fingerprint density at radius 2 is 1.96 bits per heavy atom. The van der Waals surface area contributed by atoms with Crippen molar-refractivity contribution in [3.8, 4) is 0 Å². The highest BCUT2D eigenvalue weighted by atomic mass is 19.1. The summed E-state index contributed by atoms with van der Waals surface area (Å²) < 4.78 is 13.8. The summed E-state index contributed by atoms with van der Waals surface area (Å²) in [5.74, 6) is -0.882. The minimum Gasteiger partial charge on any atom is -0.480 e. The molecule has 2 aliphatic rings. The monoisotopic (exact) mass is 336 g/mol. The standard InChI is InChI=1S/C17H25FN4O2/c18-15-5-2-1-4-13(15)11-21-6-3-7-22(9-8-21)12-14-10-19-20-16(14)17(23)24/h1-2,4-5,14,16,19-20H,3,6-12H2,(H,23,24). The third-order valence-electron chi connectivity index (χ3n) is 4.88. The van der Waals surface area contributed by atoms with Crippen molar-refractivity contribution in [3.05, 3.63) is 35.6 Å². The summed E-state index contributed by atoms with van der Waals surface area (Å²) >= 11 is 0. The van der Waals surface area contributed by atoms with E-state index in [1.54, 1.807) is 6.07 Å². The van der Waals surface area contributed by atoms with Gasteiger partial charge in [0.05, 0.1) is 0 Å². The number of benzene rings is 1. The first-order valence-electron chi connectivity index (χ1n) is 8.53. The lowest BCUT2D eigenvalue weighted by molar-refractivity contribution is -0.140. The van der Waals surface area contributed by atoms with Gasteiger partial charge in [-0.25, -0.2) is 9.82 Å². The molecule has 6 nitrogen and oxygen atoms in total. The van der Waals surface area contributed by atoms with Gasteiger partial charge in [0, 0.05) is 44.2 Å². The third-order valence-corrected chi connectivity index (χ3v) is 4.88. The zero-order chi connectivity index (χ0) is 16.9. The van der Waals surface area contributed by atoms with Crippen molar-refractivity contribution in [2.24, 2.45) is 5.92 Å². The molecule has 7 heteroatoms. The van der Waals surface area contributed by atoms with Crippen LogP contribution in [-0.2, 0) is 11.3 Å². The molecule has 2 aliphatic heterocycles. The second-order valence-corrected chi connectivity index (χ2v) is 6.62. The zero-order valence-corrected chi connectivity index (χ0v) is 13.7. The van der Waals surface area contributed by atoms with Gasteiger partial charge in [0.15, 0.2) is 0 Å². The second kappa shape index (κ2) is 8.02. The van der Waals surface area contributed by atoms with E-state index in [2.05, 4.69) is 20.7 Å². The maximum Gasteiger partial charge on any atom is 0.322 e. The fourth-order valence-electron chi connectivity index (χ4n) is 3.53. The van der Waals surface area contributed by atoms with Gasteiger partial charge in [0.2, 0.25) is 0 Å². The molecule has 1 aromatic rings. The number of aliphatic carboxylic acids is 1. The summed E-state index contributed by atoms with van der Waals surface area (Å²) in [5.41, 5.74) is 6.51. The van der Waals surface area contributed by atoms with Crippen molar-refractivity contribution in [1.82, 2.24) is 20.7 Å².